The Hall–Kier alpha value is -3.30. The highest BCUT2D eigenvalue weighted by atomic mass is 16.6. The van der Waals surface area contributed by atoms with Gasteiger partial charge >= 0.3 is 5.95 Å². The Kier molecular flexibility index (Phi) is 4.41. The first kappa shape index (κ1) is 15.1. The fourth-order valence-electron chi connectivity index (χ4n) is 1.59. The van der Waals surface area contributed by atoms with Crippen LogP contribution in [0.2, 0.25) is 0 Å². The number of hydrogen-bond acceptors (Lipinski definition) is 7. The van der Waals surface area contributed by atoms with E-state index in [4.69, 9.17) is 0 Å². The van der Waals surface area contributed by atoms with Crippen molar-refractivity contribution in [1.82, 2.24) is 20.2 Å². The van der Waals surface area contributed by atoms with Crippen LogP contribution in [0.25, 0.3) is 0 Å². The van der Waals surface area contributed by atoms with Gasteiger partial charge in [0.05, 0.1) is 17.8 Å². The zero-order valence-electron chi connectivity index (χ0n) is 11.5. The van der Waals surface area contributed by atoms with Gasteiger partial charge in [-0.3, -0.25) is 4.79 Å². The number of aromatic hydroxyl groups is 1. The van der Waals surface area contributed by atoms with Crippen molar-refractivity contribution in [3.8, 4) is 5.75 Å². The van der Waals surface area contributed by atoms with Crippen molar-refractivity contribution in [3.05, 3.63) is 46.3 Å². The number of nitrogens with one attached hydrogen (secondary N) is 1. The van der Waals surface area contributed by atoms with Gasteiger partial charge in [0.2, 0.25) is 6.33 Å². The Labute approximate surface area is 124 Å². The molecule has 0 fully saturated rings. The van der Waals surface area contributed by atoms with E-state index in [0.29, 0.717) is 5.71 Å². The molecule has 0 atom stereocenters. The van der Waals surface area contributed by atoms with Crippen LogP contribution in [0.4, 0.5) is 5.95 Å². The first-order valence-electron chi connectivity index (χ1n) is 6.12. The number of amides is 1. The Balaban J connectivity index is 1.99. The van der Waals surface area contributed by atoms with Gasteiger partial charge in [0.15, 0.2) is 0 Å². The highest BCUT2D eigenvalue weighted by Crippen LogP contribution is 2.14. The summed E-state index contributed by atoms with van der Waals surface area (Å²) in [7, 11) is 0. The number of phenolic OH excluding ortho intramolecular Hbond substituents is 1. The minimum Gasteiger partial charge on any atom is -0.507 e. The molecule has 0 aliphatic rings. The summed E-state index contributed by atoms with van der Waals surface area (Å²) in [6.45, 7) is 1.74. The lowest BCUT2D eigenvalue weighted by Crippen LogP contribution is -2.20. The first-order valence-corrected chi connectivity index (χ1v) is 6.12. The topological polar surface area (TPSA) is 136 Å². The number of nitrogens with zero attached hydrogens (tertiary/aromatic N) is 5. The molecule has 0 saturated heterocycles. The first-order chi connectivity index (χ1) is 10.5. The second kappa shape index (κ2) is 6.43. The molecule has 1 heterocycles. The zero-order chi connectivity index (χ0) is 16.1. The molecule has 0 spiro atoms. The smallest absolute Gasteiger partial charge is 0.490 e. The Morgan fingerprint density at radius 3 is 2.86 bits per heavy atom. The Bertz CT molecular complexity index is 739. The molecule has 1 aromatic carbocycles. The summed E-state index contributed by atoms with van der Waals surface area (Å²) in [5.74, 6) is -1.23. The van der Waals surface area contributed by atoms with Gasteiger partial charge < -0.3 is 15.2 Å². The number of carbonyl (C=O) groups excluding carboxylic acids is 1. The minimum atomic E-state index is -0.705. The van der Waals surface area contributed by atoms with Crippen LogP contribution in [-0.2, 0) is 6.54 Å². The monoisotopic (exact) mass is 304 g/mol. The highest BCUT2D eigenvalue weighted by molar-refractivity contribution is 5.97. The Morgan fingerprint density at radius 2 is 2.23 bits per heavy atom. The molecule has 0 unspecified atom stereocenters. The fourth-order valence-corrected chi connectivity index (χ4v) is 1.59. The number of benzene rings is 1. The lowest BCUT2D eigenvalue weighted by atomic mass is 10.2. The molecule has 0 aliphatic heterocycles. The van der Waals surface area contributed by atoms with E-state index in [2.05, 4.69) is 20.6 Å². The molecule has 0 radical (unpaired) electrons. The molecule has 22 heavy (non-hydrogen) atoms. The van der Waals surface area contributed by atoms with E-state index >= 15 is 0 Å². The summed E-state index contributed by atoms with van der Waals surface area (Å²) in [4.78, 5) is 25.1. The van der Waals surface area contributed by atoms with E-state index in [0.717, 1.165) is 0 Å². The fraction of sp³-hybridized carbons (Fsp3) is 0.167. The van der Waals surface area contributed by atoms with E-state index in [1.807, 2.05) is 0 Å². The molecule has 2 N–H and O–H groups in total. The van der Waals surface area contributed by atoms with E-state index in [1.54, 1.807) is 19.1 Å². The van der Waals surface area contributed by atoms with Crippen molar-refractivity contribution in [1.29, 1.82) is 0 Å². The van der Waals surface area contributed by atoms with Crippen molar-refractivity contribution in [2.24, 2.45) is 5.10 Å². The largest absolute Gasteiger partial charge is 0.507 e. The van der Waals surface area contributed by atoms with Gasteiger partial charge in [-0.05, 0) is 24.0 Å². The van der Waals surface area contributed by atoms with Crippen LogP contribution in [0.3, 0.4) is 0 Å². The normalized spacial score (nSPS) is 11.2. The van der Waals surface area contributed by atoms with Gasteiger partial charge in [-0.25, -0.2) is 5.43 Å². The average Bonchev–Trinajstić information content (AvgIpc) is 2.94. The summed E-state index contributed by atoms with van der Waals surface area (Å²) in [6.07, 6.45) is 1.20. The third kappa shape index (κ3) is 3.62. The number of rotatable bonds is 5. The average molecular weight is 304 g/mol. The van der Waals surface area contributed by atoms with Crippen LogP contribution in [0.15, 0.2) is 35.7 Å². The van der Waals surface area contributed by atoms with E-state index in [9.17, 15) is 20.0 Å². The quantitative estimate of drug-likeness (QED) is 0.474. The van der Waals surface area contributed by atoms with Crippen molar-refractivity contribution < 1.29 is 14.8 Å². The van der Waals surface area contributed by atoms with Crippen LogP contribution in [0, 0.1) is 10.1 Å². The number of para-hydroxylation sites is 1. The van der Waals surface area contributed by atoms with E-state index < -0.39 is 16.8 Å². The van der Waals surface area contributed by atoms with Gasteiger partial charge in [-0.1, -0.05) is 17.1 Å². The summed E-state index contributed by atoms with van der Waals surface area (Å²) >= 11 is 0. The maximum atomic E-state index is 11.8. The second-order valence-electron chi connectivity index (χ2n) is 4.30. The number of phenols is 1. The molecule has 2 aromatic rings. The number of hydrogen-bond donors (Lipinski definition) is 2. The van der Waals surface area contributed by atoms with Crippen LogP contribution in [0.5, 0.6) is 5.75 Å². The Morgan fingerprint density at radius 1 is 1.50 bits per heavy atom. The third-order valence-corrected chi connectivity index (χ3v) is 2.58. The molecule has 1 aromatic heterocycles. The minimum absolute atomic E-state index is 0.0930. The number of nitro groups is 1. The van der Waals surface area contributed by atoms with Crippen LogP contribution >= 0.6 is 0 Å². The highest BCUT2D eigenvalue weighted by Gasteiger charge is 2.14. The van der Waals surface area contributed by atoms with Crippen molar-refractivity contribution in [2.45, 2.75) is 13.5 Å². The second-order valence-corrected chi connectivity index (χ2v) is 4.30. The summed E-state index contributed by atoms with van der Waals surface area (Å²) < 4.78 is 1.23. The zero-order valence-corrected chi connectivity index (χ0v) is 11.5. The van der Waals surface area contributed by atoms with Gasteiger partial charge in [-0.2, -0.15) is 9.78 Å². The van der Waals surface area contributed by atoms with Crippen LogP contribution in [-0.4, -0.2) is 36.4 Å². The van der Waals surface area contributed by atoms with Crippen LogP contribution < -0.4 is 5.43 Å². The summed E-state index contributed by atoms with van der Waals surface area (Å²) in [5.41, 5.74) is 2.82. The van der Waals surface area contributed by atoms with Crippen molar-refractivity contribution in [2.75, 3.05) is 0 Å². The van der Waals surface area contributed by atoms with Crippen LogP contribution in [0.1, 0.15) is 17.3 Å². The van der Waals surface area contributed by atoms with Gasteiger partial charge in [0.25, 0.3) is 5.91 Å². The number of aromatic nitrogens is 3. The van der Waals surface area contributed by atoms with Crippen molar-refractivity contribution in [3.63, 3.8) is 0 Å². The standard InChI is InChI=1S/C12H12N6O4/c1-8(6-17-7-13-12(16-17)18(21)22)14-15-11(20)9-4-2-3-5-10(9)19/h2-5,7,19H,6H2,1H3,(H,15,20). The predicted octanol–water partition coefficient (Wildman–Crippen LogP) is 0.698. The van der Waals surface area contributed by atoms with Gasteiger partial charge in [0.1, 0.15) is 5.75 Å². The maximum Gasteiger partial charge on any atom is 0.490 e. The third-order valence-electron chi connectivity index (χ3n) is 2.58. The summed E-state index contributed by atoms with van der Waals surface area (Å²) in [6, 6.07) is 6.05. The number of carbonyl (C=O) groups is 1. The number of hydrazone groups is 1. The molecule has 2 rings (SSSR count). The molecule has 0 bridgehead atoms. The lowest BCUT2D eigenvalue weighted by Gasteiger charge is -2.03. The van der Waals surface area contributed by atoms with E-state index in [1.165, 1.54) is 23.1 Å². The van der Waals surface area contributed by atoms with Gasteiger partial charge in [0, 0.05) is 5.10 Å². The summed E-state index contributed by atoms with van der Waals surface area (Å²) in [5, 5.41) is 27.5. The molecule has 114 valence electrons. The maximum absolute atomic E-state index is 11.8. The molecular weight excluding hydrogens is 292 g/mol. The molecule has 0 saturated carbocycles. The predicted molar refractivity (Wildman–Crippen MR) is 75.4 cm³/mol. The molecule has 10 nitrogen and oxygen atoms in total. The molecule has 0 aliphatic carbocycles. The van der Waals surface area contributed by atoms with Gasteiger partial charge in [-0.15, -0.1) is 0 Å². The molecule has 1 amide bonds. The van der Waals surface area contributed by atoms with Crippen molar-refractivity contribution >= 4 is 17.6 Å². The van der Waals surface area contributed by atoms with E-state index in [-0.39, 0.29) is 17.9 Å². The lowest BCUT2D eigenvalue weighted by molar-refractivity contribution is -0.394. The SMILES string of the molecule is CC(Cn1cnc([N+](=O)[O-])n1)=NNC(=O)c1ccccc1O. The molecular formula is C12H12N6O4. The molecule has 10 heteroatoms.